The van der Waals surface area contributed by atoms with E-state index in [0.717, 1.165) is 43.4 Å². The zero-order valence-electron chi connectivity index (χ0n) is 17.2. The highest BCUT2D eigenvalue weighted by Crippen LogP contribution is 2.40. The lowest BCUT2D eigenvalue weighted by Gasteiger charge is -2.47. The third-order valence-electron chi connectivity index (χ3n) is 6.27. The van der Waals surface area contributed by atoms with Crippen molar-refractivity contribution in [2.45, 2.75) is 57.0 Å². The minimum Gasteiger partial charge on any atom is -0.371 e. The molecule has 3 aliphatic rings. The number of morpholine rings is 1. The van der Waals surface area contributed by atoms with E-state index in [9.17, 15) is 9.59 Å². The summed E-state index contributed by atoms with van der Waals surface area (Å²) in [5, 5.41) is 0. The number of likely N-dealkylation sites (tertiary alicyclic amines) is 1. The molecule has 0 radical (unpaired) electrons. The standard InChI is InChI=1S/C22H30N4O3/c1-16(2)3-6-19(27)25-9-7-22(8-10-25)14-26(11-12-29-22)21(28)18-13-23-15-24-20(18)17-4-5-17/h13,15,17H,1,3-12,14H2,2H3. The number of amides is 2. The van der Waals surface area contributed by atoms with Gasteiger partial charge in [-0.05, 0) is 39.0 Å². The van der Waals surface area contributed by atoms with Crippen molar-refractivity contribution in [1.29, 1.82) is 0 Å². The third kappa shape index (κ3) is 4.50. The van der Waals surface area contributed by atoms with E-state index in [1.165, 1.54) is 6.33 Å². The summed E-state index contributed by atoms with van der Waals surface area (Å²) in [6, 6.07) is 0. The number of ether oxygens (including phenoxy) is 1. The van der Waals surface area contributed by atoms with E-state index in [1.54, 1.807) is 6.20 Å². The van der Waals surface area contributed by atoms with Crippen LogP contribution >= 0.6 is 0 Å². The summed E-state index contributed by atoms with van der Waals surface area (Å²) in [5.41, 5.74) is 2.21. The van der Waals surface area contributed by atoms with Gasteiger partial charge >= 0.3 is 0 Å². The van der Waals surface area contributed by atoms with Crippen LogP contribution in [0, 0.1) is 0 Å². The van der Waals surface area contributed by atoms with Crippen LogP contribution in [0.5, 0.6) is 0 Å². The van der Waals surface area contributed by atoms with Gasteiger partial charge in [-0.25, -0.2) is 9.97 Å². The van der Waals surface area contributed by atoms with E-state index in [-0.39, 0.29) is 17.4 Å². The number of nitrogens with zero attached hydrogens (tertiary/aromatic N) is 4. The maximum Gasteiger partial charge on any atom is 0.257 e. The summed E-state index contributed by atoms with van der Waals surface area (Å²) >= 11 is 0. The number of piperidine rings is 1. The van der Waals surface area contributed by atoms with Crippen LogP contribution in [0.4, 0.5) is 0 Å². The Balaban J connectivity index is 1.38. The van der Waals surface area contributed by atoms with Gasteiger partial charge in [-0.1, -0.05) is 5.57 Å². The molecule has 1 aliphatic carbocycles. The van der Waals surface area contributed by atoms with Crippen LogP contribution in [0.2, 0.25) is 0 Å². The van der Waals surface area contributed by atoms with Crippen molar-refractivity contribution in [3.63, 3.8) is 0 Å². The summed E-state index contributed by atoms with van der Waals surface area (Å²) in [5.74, 6) is 0.595. The first kappa shape index (κ1) is 20.0. The molecule has 1 aromatic rings. The van der Waals surface area contributed by atoms with E-state index in [0.29, 0.717) is 50.7 Å². The molecule has 4 rings (SSSR count). The molecule has 0 bridgehead atoms. The molecule has 0 atom stereocenters. The van der Waals surface area contributed by atoms with Gasteiger partial charge in [0.05, 0.1) is 30.0 Å². The van der Waals surface area contributed by atoms with E-state index < -0.39 is 0 Å². The maximum absolute atomic E-state index is 13.2. The summed E-state index contributed by atoms with van der Waals surface area (Å²) < 4.78 is 6.16. The molecule has 156 valence electrons. The van der Waals surface area contributed by atoms with E-state index in [1.807, 2.05) is 16.7 Å². The average molecular weight is 399 g/mol. The van der Waals surface area contributed by atoms with Crippen molar-refractivity contribution in [3.8, 4) is 0 Å². The van der Waals surface area contributed by atoms with Gasteiger partial charge in [0, 0.05) is 38.2 Å². The number of allylic oxidation sites excluding steroid dienone is 1. The van der Waals surface area contributed by atoms with Crippen LogP contribution in [0.25, 0.3) is 0 Å². The third-order valence-corrected chi connectivity index (χ3v) is 6.27. The Bertz CT molecular complexity index is 797. The quantitative estimate of drug-likeness (QED) is 0.713. The molecule has 7 heteroatoms. The summed E-state index contributed by atoms with van der Waals surface area (Å²) in [7, 11) is 0. The second kappa shape index (κ2) is 8.22. The predicted octanol–water partition coefficient (Wildman–Crippen LogP) is 2.54. The molecule has 0 unspecified atom stereocenters. The molecule has 2 aliphatic heterocycles. The molecule has 2 amide bonds. The lowest BCUT2D eigenvalue weighted by Crippen LogP contribution is -2.58. The molecule has 29 heavy (non-hydrogen) atoms. The molecule has 2 saturated heterocycles. The van der Waals surface area contributed by atoms with Crippen LogP contribution in [-0.2, 0) is 9.53 Å². The Morgan fingerprint density at radius 2 is 1.97 bits per heavy atom. The number of hydrogen-bond donors (Lipinski definition) is 0. The summed E-state index contributed by atoms with van der Waals surface area (Å²) in [6.45, 7) is 8.87. The summed E-state index contributed by atoms with van der Waals surface area (Å²) in [4.78, 5) is 37.9. The number of carbonyl (C=O) groups excluding carboxylic acids is 2. The lowest BCUT2D eigenvalue weighted by molar-refractivity contribution is -0.147. The molecule has 0 N–H and O–H groups in total. The maximum atomic E-state index is 13.2. The zero-order chi connectivity index (χ0) is 20.4. The van der Waals surface area contributed by atoms with Crippen molar-refractivity contribution in [1.82, 2.24) is 19.8 Å². The number of aromatic nitrogens is 2. The number of rotatable bonds is 5. The van der Waals surface area contributed by atoms with Crippen molar-refractivity contribution in [3.05, 3.63) is 35.9 Å². The number of carbonyl (C=O) groups is 2. The van der Waals surface area contributed by atoms with Crippen molar-refractivity contribution >= 4 is 11.8 Å². The van der Waals surface area contributed by atoms with Gasteiger partial charge in [0.1, 0.15) is 6.33 Å². The molecular formula is C22H30N4O3. The Morgan fingerprint density at radius 1 is 1.21 bits per heavy atom. The van der Waals surface area contributed by atoms with E-state index >= 15 is 0 Å². The second-order valence-corrected chi connectivity index (χ2v) is 8.69. The van der Waals surface area contributed by atoms with Crippen molar-refractivity contribution in [2.24, 2.45) is 0 Å². The van der Waals surface area contributed by atoms with Crippen LogP contribution in [0.1, 0.15) is 67.4 Å². The molecule has 0 aromatic carbocycles. The van der Waals surface area contributed by atoms with Gasteiger partial charge in [-0.2, -0.15) is 0 Å². The molecule has 3 fully saturated rings. The second-order valence-electron chi connectivity index (χ2n) is 8.69. The van der Waals surface area contributed by atoms with Gasteiger partial charge in [-0.15, -0.1) is 6.58 Å². The Labute approximate surface area is 172 Å². The first-order chi connectivity index (χ1) is 14.0. The molecule has 1 spiro atoms. The van der Waals surface area contributed by atoms with Crippen LogP contribution in [0.15, 0.2) is 24.7 Å². The van der Waals surface area contributed by atoms with Crippen molar-refractivity contribution in [2.75, 3.05) is 32.8 Å². The zero-order valence-corrected chi connectivity index (χ0v) is 17.2. The SMILES string of the molecule is C=C(C)CCC(=O)N1CCC2(CC1)CN(C(=O)c1cncnc1C1CC1)CCO2. The van der Waals surface area contributed by atoms with Crippen LogP contribution in [-0.4, -0.2) is 70.0 Å². The fourth-order valence-corrected chi connectivity index (χ4v) is 4.32. The topological polar surface area (TPSA) is 75.6 Å². The Kier molecular flexibility index (Phi) is 5.67. The van der Waals surface area contributed by atoms with Gasteiger partial charge in [-0.3, -0.25) is 9.59 Å². The van der Waals surface area contributed by atoms with Gasteiger partial charge in [0.2, 0.25) is 5.91 Å². The van der Waals surface area contributed by atoms with E-state index in [4.69, 9.17) is 4.74 Å². The first-order valence-corrected chi connectivity index (χ1v) is 10.6. The fraction of sp³-hybridized carbons (Fsp3) is 0.636. The fourth-order valence-electron chi connectivity index (χ4n) is 4.32. The average Bonchev–Trinajstić information content (AvgIpc) is 3.57. The normalized spacial score (nSPS) is 21.3. The van der Waals surface area contributed by atoms with Crippen molar-refractivity contribution < 1.29 is 14.3 Å². The Morgan fingerprint density at radius 3 is 2.66 bits per heavy atom. The van der Waals surface area contributed by atoms with Gasteiger partial charge < -0.3 is 14.5 Å². The van der Waals surface area contributed by atoms with Crippen LogP contribution < -0.4 is 0 Å². The monoisotopic (exact) mass is 398 g/mol. The van der Waals surface area contributed by atoms with Gasteiger partial charge in [0.25, 0.3) is 5.91 Å². The van der Waals surface area contributed by atoms with Gasteiger partial charge in [0.15, 0.2) is 0 Å². The highest BCUT2D eigenvalue weighted by atomic mass is 16.5. The highest BCUT2D eigenvalue weighted by molar-refractivity contribution is 5.95. The minimum absolute atomic E-state index is 0.00939. The predicted molar refractivity (Wildman–Crippen MR) is 108 cm³/mol. The number of hydrogen-bond acceptors (Lipinski definition) is 5. The highest BCUT2D eigenvalue weighted by Gasteiger charge is 2.42. The van der Waals surface area contributed by atoms with E-state index in [2.05, 4.69) is 16.5 Å². The molecule has 1 aromatic heterocycles. The van der Waals surface area contributed by atoms with Crippen LogP contribution in [0.3, 0.4) is 0 Å². The molecule has 3 heterocycles. The molecule has 1 saturated carbocycles. The lowest BCUT2D eigenvalue weighted by atomic mass is 9.88. The first-order valence-electron chi connectivity index (χ1n) is 10.6. The molecule has 7 nitrogen and oxygen atoms in total. The Hall–Kier alpha value is -2.28. The largest absolute Gasteiger partial charge is 0.371 e. The molecular weight excluding hydrogens is 368 g/mol. The smallest absolute Gasteiger partial charge is 0.257 e. The minimum atomic E-state index is -0.353. The summed E-state index contributed by atoms with van der Waals surface area (Å²) in [6.07, 6.45) is 8.17.